The molecule has 2 aliphatic rings. The minimum atomic E-state index is -0.347. The van der Waals surface area contributed by atoms with Crippen LogP contribution in [0.2, 0.25) is 0 Å². The number of hydrogen-bond donors (Lipinski definition) is 2. The van der Waals surface area contributed by atoms with Crippen LogP contribution in [-0.2, 0) is 4.74 Å². The Morgan fingerprint density at radius 3 is 2.96 bits per heavy atom. The van der Waals surface area contributed by atoms with E-state index < -0.39 is 0 Å². The second-order valence-corrected chi connectivity index (χ2v) is 7.03. The number of carbonyl (C=O) groups is 1. The van der Waals surface area contributed by atoms with Gasteiger partial charge in [0, 0.05) is 19.7 Å². The SMILES string of the molecule is O=C(NC1CCOC12CCN(c1n[nH]c(=O)s1)CC2)c1ccco1. The van der Waals surface area contributed by atoms with Crippen LogP contribution < -0.4 is 15.1 Å². The van der Waals surface area contributed by atoms with Gasteiger partial charge in [0.05, 0.1) is 17.9 Å². The number of ether oxygens (including phenoxy) is 1. The maximum absolute atomic E-state index is 12.3. The molecule has 0 aliphatic carbocycles. The molecule has 1 atom stereocenters. The molecule has 0 aromatic carbocycles. The number of hydrogen-bond acceptors (Lipinski definition) is 7. The predicted molar refractivity (Wildman–Crippen MR) is 87.4 cm³/mol. The highest BCUT2D eigenvalue weighted by Crippen LogP contribution is 2.37. The normalized spacial score (nSPS) is 22.8. The maximum atomic E-state index is 12.3. The number of furan rings is 1. The van der Waals surface area contributed by atoms with Crippen molar-refractivity contribution in [2.24, 2.45) is 0 Å². The smallest absolute Gasteiger partial charge is 0.324 e. The summed E-state index contributed by atoms with van der Waals surface area (Å²) in [4.78, 5) is 25.5. The van der Waals surface area contributed by atoms with Crippen molar-refractivity contribution in [3.63, 3.8) is 0 Å². The summed E-state index contributed by atoms with van der Waals surface area (Å²) in [6.07, 6.45) is 3.85. The van der Waals surface area contributed by atoms with Gasteiger partial charge in [0.2, 0.25) is 5.13 Å². The van der Waals surface area contributed by atoms with Gasteiger partial charge in [-0.05, 0) is 42.7 Å². The number of nitrogens with one attached hydrogen (secondary N) is 2. The summed E-state index contributed by atoms with van der Waals surface area (Å²) < 4.78 is 11.2. The first-order chi connectivity index (χ1) is 11.7. The number of aromatic amines is 1. The molecule has 2 aliphatic heterocycles. The predicted octanol–water partition coefficient (Wildman–Crippen LogP) is 0.982. The van der Waals surface area contributed by atoms with Crippen molar-refractivity contribution in [3.8, 4) is 0 Å². The van der Waals surface area contributed by atoms with Gasteiger partial charge in [0.15, 0.2) is 5.76 Å². The molecule has 4 heterocycles. The Labute approximate surface area is 141 Å². The van der Waals surface area contributed by atoms with Crippen molar-refractivity contribution in [3.05, 3.63) is 33.8 Å². The summed E-state index contributed by atoms with van der Waals surface area (Å²) in [5.74, 6) is 0.110. The summed E-state index contributed by atoms with van der Waals surface area (Å²) in [6, 6.07) is 3.32. The Morgan fingerprint density at radius 1 is 1.46 bits per heavy atom. The van der Waals surface area contributed by atoms with Gasteiger partial charge < -0.3 is 19.4 Å². The van der Waals surface area contributed by atoms with E-state index in [-0.39, 0.29) is 22.4 Å². The average Bonchev–Trinajstić information content (AvgIpc) is 3.31. The standard InChI is InChI=1S/C15H18N4O4S/c20-12(10-2-1-8-22-10)16-11-3-9-23-15(11)4-6-19(7-5-15)13-17-18-14(21)24-13/h1-2,8,11H,3-7,9H2,(H,16,20)(H,18,21). The van der Waals surface area contributed by atoms with Crippen molar-refractivity contribution in [2.45, 2.75) is 30.9 Å². The van der Waals surface area contributed by atoms with Gasteiger partial charge in [-0.1, -0.05) is 0 Å². The molecule has 2 saturated heterocycles. The fourth-order valence-electron chi connectivity index (χ4n) is 3.51. The number of rotatable bonds is 3. The fraction of sp³-hybridized carbons (Fsp3) is 0.533. The summed E-state index contributed by atoms with van der Waals surface area (Å²) in [6.45, 7) is 2.13. The molecule has 4 rings (SSSR count). The molecule has 9 heteroatoms. The number of aromatic nitrogens is 2. The third-order valence-corrected chi connectivity index (χ3v) is 5.60. The highest BCUT2D eigenvalue weighted by Gasteiger charge is 2.47. The van der Waals surface area contributed by atoms with Crippen LogP contribution in [-0.4, -0.2) is 47.4 Å². The van der Waals surface area contributed by atoms with Crippen LogP contribution in [0.5, 0.6) is 0 Å². The second-order valence-electron chi connectivity index (χ2n) is 6.09. The lowest BCUT2D eigenvalue weighted by Gasteiger charge is -2.41. The molecule has 0 bridgehead atoms. The summed E-state index contributed by atoms with van der Waals surface area (Å²) in [5, 5.41) is 10.3. The van der Waals surface area contributed by atoms with E-state index in [1.165, 1.54) is 6.26 Å². The van der Waals surface area contributed by atoms with Crippen LogP contribution in [0.25, 0.3) is 0 Å². The zero-order valence-corrected chi connectivity index (χ0v) is 13.8. The quantitative estimate of drug-likeness (QED) is 0.856. The van der Waals surface area contributed by atoms with Gasteiger partial charge >= 0.3 is 4.87 Å². The van der Waals surface area contributed by atoms with Crippen molar-refractivity contribution in [2.75, 3.05) is 24.6 Å². The lowest BCUT2D eigenvalue weighted by molar-refractivity contribution is -0.0283. The first-order valence-electron chi connectivity index (χ1n) is 7.95. The van der Waals surface area contributed by atoms with E-state index in [9.17, 15) is 9.59 Å². The van der Waals surface area contributed by atoms with E-state index in [4.69, 9.17) is 9.15 Å². The third kappa shape index (κ3) is 2.73. The third-order valence-electron chi connectivity index (χ3n) is 4.79. The number of H-pyrrole nitrogens is 1. The Morgan fingerprint density at radius 2 is 2.29 bits per heavy atom. The maximum Gasteiger partial charge on any atom is 0.324 e. The number of nitrogens with zero attached hydrogens (tertiary/aromatic N) is 2. The second kappa shape index (κ2) is 6.06. The molecule has 1 spiro atoms. The summed E-state index contributed by atoms with van der Waals surface area (Å²) >= 11 is 1.12. The van der Waals surface area contributed by atoms with Crippen LogP contribution >= 0.6 is 11.3 Å². The fourth-order valence-corrected chi connectivity index (χ4v) is 4.17. The van der Waals surface area contributed by atoms with Gasteiger partial charge in [0.25, 0.3) is 5.91 Å². The van der Waals surface area contributed by atoms with Gasteiger partial charge in [-0.25, -0.2) is 5.10 Å². The van der Waals surface area contributed by atoms with Crippen molar-refractivity contribution >= 4 is 22.4 Å². The van der Waals surface area contributed by atoms with Gasteiger partial charge in [-0.15, -0.1) is 5.10 Å². The van der Waals surface area contributed by atoms with E-state index in [0.717, 1.165) is 43.7 Å². The minimum Gasteiger partial charge on any atom is -0.459 e. The average molecular weight is 350 g/mol. The highest BCUT2D eigenvalue weighted by molar-refractivity contribution is 7.12. The molecule has 1 amide bonds. The molecule has 2 aromatic rings. The molecule has 128 valence electrons. The minimum absolute atomic E-state index is 0.0322. The molecule has 24 heavy (non-hydrogen) atoms. The Kier molecular flexibility index (Phi) is 3.89. The van der Waals surface area contributed by atoms with Crippen LogP contribution in [0.4, 0.5) is 5.13 Å². The Bertz CT molecular complexity index is 761. The highest BCUT2D eigenvalue weighted by atomic mass is 32.1. The van der Waals surface area contributed by atoms with Crippen LogP contribution in [0, 0.1) is 0 Å². The topological polar surface area (TPSA) is 100 Å². The van der Waals surface area contributed by atoms with E-state index in [1.54, 1.807) is 12.1 Å². The number of piperidine rings is 1. The number of carbonyl (C=O) groups excluding carboxylic acids is 1. The lowest BCUT2D eigenvalue weighted by atomic mass is 9.84. The van der Waals surface area contributed by atoms with E-state index in [2.05, 4.69) is 20.4 Å². The molecule has 0 saturated carbocycles. The van der Waals surface area contributed by atoms with Crippen molar-refractivity contribution < 1.29 is 13.9 Å². The Hall–Kier alpha value is -2.13. The van der Waals surface area contributed by atoms with E-state index >= 15 is 0 Å². The summed E-state index contributed by atoms with van der Waals surface area (Å²) in [5.41, 5.74) is -0.347. The lowest BCUT2D eigenvalue weighted by Crippen LogP contribution is -2.55. The van der Waals surface area contributed by atoms with Crippen molar-refractivity contribution in [1.82, 2.24) is 15.5 Å². The van der Waals surface area contributed by atoms with Crippen LogP contribution in [0.1, 0.15) is 29.8 Å². The molecular weight excluding hydrogens is 332 g/mol. The van der Waals surface area contributed by atoms with E-state index in [1.807, 2.05) is 0 Å². The molecule has 2 N–H and O–H groups in total. The van der Waals surface area contributed by atoms with Gasteiger partial charge in [-0.2, -0.15) is 0 Å². The molecule has 0 radical (unpaired) electrons. The molecular formula is C15H18N4O4S. The van der Waals surface area contributed by atoms with Gasteiger partial charge in [0.1, 0.15) is 0 Å². The van der Waals surface area contributed by atoms with Crippen LogP contribution in [0.3, 0.4) is 0 Å². The Balaban J connectivity index is 1.43. The molecule has 2 aromatic heterocycles. The van der Waals surface area contributed by atoms with E-state index in [0.29, 0.717) is 17.5 Å². The number of amides is 1. The zero-order valence-electron chi connectivity index (χ0n) is 13.0. The van der Waals surface area contributed by atoms with Gasteiger partial charge in [-0.3, -0.25) is 9.59 Å². The monoisotopic (exact) mass is 350 g/mol. The first-order valence-corrected chi connectivity index (χ1v) is 8.77. The largest absolute Gasteiger partial charge is 0.459 e. The summed E-state index contributed by atoms with van der Waals surface area (Å²) in [7, 11) is 0. The zero-order chi connectivity index (χ0) is 16.6. The first kappa shape index (κ1) is 15.4. The van der Waals surface area contributed by atoms with Crippen molar-refractivity contribution in [1.29, 1.82) is 0 Å². The molecule has 8 nitrogen and oxygen atoms in total. The molecule has 1 unspecified atom stereocenters. The molecule has 2 fully saturated rings. The van der Waals surface area contributed by atoms with Crippen LogP contribution in [0.15, 0.2) is 27.6 Å². The number of anilines is 1.